The average Bonchev–Trinajstić information content (AvgIpc) is 2.95. The summed E-state index contributed by atoms with van der Waals surface area (Å²) in [6.45, 7) is 0.776. The second-order valence-electron chi connectivity index (χ2n) is 4.80. The third-order valence-electron chi connectivity index (χ3n) is 3.48. The summed E-state index contributed by atoms with van der Waals surface area (Å²) in [5.41, 5.74) is 0.396. The van der Waals surface area contributed by atoms with Crippen LogP contribution in [0.3, 0.4) is 0 Å². The highest BCUT2D eigenvalue weighted by atomic mass is 127. The topological polar surface area (TPSA) is 64.2 Å². The van der Waals surface area contributed by atoms with Crippen LogP contribution in [-0.2, 0) is 6.54 Å². The van der Waals surface area contributed by atoms with Crippen molar-refractivity contribution in [1.82, 2.24) is 4.57 Å². The molecule has 1 aromatic carbocycles. The van der Waals surface area contributed by atoms with Crippen molar-refractivity contribution in [2.24, 2.45) is 0 Å². The highest BCUT2D eigenvalue weighted by Crippen LogP contribution is 2.35. The van der Waals surface area contributed by atoms with Crippen LogP contribution in [0.4, 0.5) is 0 Å². The molecule has 108 valence electrons. The van der Waals surface area contributed by atoms with Crippen molar-refractivity contribution in [3.8, 4) is 17.6 Å². The summed E-state index contributed by atoms with van der Waals surface area (Å²) in [6.07, 6.45) is 3.61. The van der Waals surface area contributed by atoms with Crippen molar-refractivity contribution in [1.29, 1.82) is 5.26 Å². The summed E-state index contributed by atoms with van der Waals surface area (Å²) >= 11 is 2.32. The Hall–Kier alpha value is -1.75. The predicted octanol–water partition coefficient (Wildman–Crippen LogP) is 2.82. The summed E-state index contributed by atoms with van der Waals surface area (Å²) in [5, 5.41) is 10.5. The SMILES string of the molecule is N#Cc1cn(CCCCI)c(=O)c2cc3c(cc12)OCO3. The summed E-state index contributed by atoms with van der Waals surface area (Å²) in [5.74, 6) is 1.15. The minimum atomic E-state index is -0.0873. The van der Waals surface area contributed by atoms with Gasteiger partial charge in [-0.25, -0.2) is 0 Å². The number of hydrogen-bond donors (Lipinski definition) is 0. The monoisotopic (exact) mass is 396 g/mol. The summed E-state index contributed by atoms with van der Waals surface area (Å²) in [4.78, 5) is 12.5. The summed E-state index contributed by atoms with van der Waals surface area (Å²) < 4.78 is 13.3. The number of unbranched alkanes of at least 4 members (excludes halogenated alkanes) is 1. The second-order valence-corrected chi connectivity index (χ2v) is 5.88. The standard InChI is InChI=1S/C15H13IN2O3/c16-3-1-2-4-18-8-10(7-17)11-5-13-14(21-9-20-13)6-12(11)15(18)19/h5-6,8H,1-4,9H2. The van der Waals surface area contributed by atoms with Crippen molar-refractivity contribution < 1.29 is 9.47 Å². The molecule has 0 amide bonds. The second kappa shape index (κ2) is 5.93. The molecule has 0 saturated carbocycles. The molecule has 0 radical (unpaired) electrons. The number of ether oxygens (including phenoxy) is 2. The van der Waals surface area contributed by atoms with Crippen LogP contribution < -0.4 is 15.0 Å². The highest BCUT2D eigenvalue weighted by molar-refractivity contribution is 14.1. The molecule has 2 aromatic rings. The molecule has 6 heteroatoms. The first-order chi connectivity index (χ1) is 10.2. The van der Waals surface area contributed by atoms with Gasteiger partial charge in [0.05, 0.1) is 10.9 Å². The van der Waals surface area contributed by atoms with Crippen molar-refractivity contribution in [2.45, 2.75) is 19.4 Å². The number of aromatic nitrogens is 1. The number of benzene rings is 1. The molecule has 1 aliphatic rings. The van der Waals surface area contributed by atoms with Crippen LogP contribution in [0.25, 0.3) is 10.8 Å². The molecular formula is C15H13IN2O3. The zero-order chi connectivity index (χ0) is 14.8. The molecule has 21 heavy (non-hydrogen) atoms. The number of nitrogens with zero attached hydrogens (tertiary/aromatic N) is 2. The van der Waals surface area contributed by atoms with Crippen LogP contribution in [-0.4, -0.2) is 15.8 Å². The van der Waals surface area contributed by atoms with E-state index in [0.29, 0.717) is 34.4 Å². The normalized spacial score (nSPS) is 12.6. The molecule has 0 fully saturated rings. The molecule has 0 spiro atoms. The third kappa shape index (κ3) is 2.58. The Kier molecular flexibility index (Phi) is 4.01. The molecule has 1 aromatic heterocycles. The number of aryl methyl sites for hydroxylation is 1. The van der Waals surface area contributed by atoms with Gasteiger partial charge in [0.15, 0.2) is 11.5 Å². The Morgan fingerprint density at radius 1 is 1.24 bits per heavy atom. The van der Waals surface area contributed by atoms with E-state index in [9.17, 15) is 10.1 Å². The Bertz CT molecular complexity index is 792. The fraction of sp³-hybridized carbons (Fsp3) is 0.333. The Morgan fingerprint density at radius 3 is 2.62 bits per heavy atom. The van der Waals surface area contributed by atoms with E-state index in [0.717, 1.165) is 17.3 Å². The molecule has 5 nitrogen and oxygen atoms in total. The van der Waals surface area contributed by atoms with Gasteiger partial charge in [0, 0.05) is 18.1 Å². The maximum absolute atomic E-state index is 12.5. The van der Waals surface area contributed by atoms with Gasteiger partial charge in [-0.1, -0.05) is 22.6 Å². The minimum absolute atomic E-state index is 0.0873. The zero-order valence-corrected chi connectivity index (χ0v) is 13.4. The smallest absolute Gasteiger partial charge is 0.258 e. The van der Waals surface area contributed by atoms with Gasteiger partial charge >= 0.3 is 0 Å². The van der Waals surface area contributed by atoms with Gasteiger partial charge < -0.3 is 14.0 Å². The third-order valence-corrected chi connectivity index (χ3v) is 4.25. The molecule has 0 saturated heterocycles. The van der Waals surface area contributed by atoms with Gasteiger partial charge in [0.2, 0.25) is 6.79 Å². The number of halogens is 1. The van der Waals surface area contributed by atoms with E-state index < -0.39 is 0 Å². The number of alkyl halides is 1. The average molecular weight is 396 g/mol. The summed E-state index contributed by atoms with van der Waals surface area (Å²) in [7, 11) is 0. The molecule has 0 N–H and O–H groups in total. The van der Waals surface area contributed by atoms with E-state index in [1.165, 1.54) is 0 Å². The number of pyridine rings is 1. The fourth-order valence-corrected chi connectivity index (χ4v) is 2.95. The Balaban J connectivity index is 2.15. The Morgan fingerprint density at radius 2 is 1.95 bits per heavy atom. The zero-order valence-electron chi connectivity index (χ0n) is 11.3. The van der Waals surface area contributed by atoms with Crippen LogP contribution in [0.15, 0.2) is 23.1 Å². The Labute approximate surface area is 135 Å². The van der Waals surface area contributed by atoms with E-state index in [-0.39, 0.29) is 12.4 Å². The lowest BCUT2D eigenvalue weighted by Crippen LogP contribution is -2.20. The summed E-state index contributed by atoms with van der Waals surface area (Å²) in [6, 6.07) is 5.55. The van der Waals surface area contributed by atoms with Gasteiger partial charge in [-0.15, -0.1) is 0 Å². The van der Waals surface area contributed by atoms with Crippen LogP contribution in [0.1, 0.15) is 18.4 Å². The molecule has 0 atom stereocenters. The number of hydrogen-bond acceptors (Lipinski definition) is 4. The lowest BCUT2D eigenvalue weighted by Gasteiger charge is -2.09. The predicted molar refractivity (Wildman–Crippen MR) is 87.2 cm³/mol. The van der Waals surface area contributed by atoms with Gasteiger partial charge in [-0.2, -0.15) is 5.26 Å². The van der Waals surface area contributed by atoms with E-state index in [4.69, 9.17) is 9.47 Å². The van der Waals surface area contributed by atoms with Crippen LogP contribution in [0.5, 0.6) is 11.5 Å². The molecule has 3 rings (SSSR count). The molecule has 0 bridgehead atoms. The van der Waals surface area contributed by atoms with Crippen molar-refractivity contribution in [2.75, 3.05) is 11.2 Å². The van der Waals surface area contributed by atoms with Crippen molar-refractivity contribution >= 4 is 33.4 Å². The number of nitriles is 1. The quantitative estimate of drug-likeness (QED) is 0.453. The maximum atomic E-state index is 12.5. The number of rotatable bonds is 4. The first kappa shape index (κ1) is 14.2. The van der Waals surface area contributed by atoms with E-state index >= 15 is 0 Å². The molecule has 2 heterocycles. The van der Waals surface area contributed by atoms with E-state index in [1.54, 1.807) is 22.9 Å². The van der Waals surface area contributed by atoms with Crippen molar-refractivity contribution in [3.63, 3.8) is 0 Å². The molecule has 0 unspecified atom stereocenters. The number of fused-ring (bicyclic) bond motifs is 2. The van der Waals surface area contributed by atoms with E-state index in [2.05, 4.69) is 28.7 Å². The molecular weight excluding hydrogens is 383 g/mol. The lowest BCUT2D eigenvalue weighted by atomic mass is 10.1. The van der Waals surface area contributed by atoms with Crippen molar-refractivity contribution in [3.05, 3.63) is 34.2 Å². The lowest BCUT2D eigenvalue weighted by molar-refractivity contribution is 0.174. The minimum Gasteiger partial charge on any atom is -0.454 e. The first-order valence-corrected chi connectivity index (χ1v) is 8.20. The molecule has 0 aliphatic carbocycles. The van der Waals surface area contributed by atoms with Crippen LogP contribution in [0, 0.1) is 11.3 Å². The van der Waals surface area contributed by atoms with Gasteiger partial charge in [0.1, 0.15) is 6.07 Å². The highest BCUT2D eigenvalue weighted by Gasteiger charge is 2.18. The van der Waals surface area contributed by atoms with Crippen LogP contribution in [0.2, 0.25) is 0 Å². The molecule has 1 aliphatic heterocycles. The fourth-order valence-electron chi connectivity index (χ4n) is 2.41. The van der Waals surface area contributed by atoms with Gasteiger partial charge in [-0.05, 0) is 29.4 Å². The van der Waals surface area contributed by atoms with E-state index in [1.807, 2.05) is 0 Å². The van der Waals surface area contributed by atoms with Crippen LogP contribution >= 0.6 is 22.6 Å². The first-order valence-electron chi connectivity index (χ1n) is 6.67. The van der Waals surface area contributed by atoms with Gasteiger partial charge in [0.25, 0.3) is 5.56 Å². The largest absolute Gasteiger partial charge is 0.454 e. The maximum Gasteiger partial charge on any atom is 0.258 e. The van der Waals surface area contributed by atoms with Gasteiger partial charge in [-0.3, -0.25) is 4.79 Å².